The molecule has 0 spiro atoms. The summed E-state index contributed by atoms with van der Waals surface area (Å²) >= 11 is 0. The van der Waals surface area contributed by atoms with Crippen molar-refractivity contribution in [1.82, 2.24) is 15.3 Å². The van der Waals surface area contributed by atoms with Crippen molar-refractivity contribution in [3.63, 3.8) is 0 Å². The molecule has 1 aromatic rings. The molecule has 0 saturated heterocycles. The van der Waals surface area contributed by atoms with Gasteiger partial charge in [-0.3, -0.25) is 4.72 Å². The van der Waals surface area contributed by atoms with E-state index < -0.39 is 10.0 Å². The molecule has 88 valence electrons. The second kappa shape index (κ2) is 4.75. The average Bonchev–Trinajstić information content (AvgIpc) is 3.02. The highest BCUT2D eigenvalue weighted by Gasteiger charge is 2.21. The van der Waals surface area contributed by atoms with Gasteiger partial charge in [0.2, 0.25) is 10.0 Å². The van der Waals surface area contributed by atoms with Crippen LogP contribution in [0.3, 0.4) is 0 Å². The average molecular weight is 242 g/mol. The smallest absolute Gasteiger partial charge is 0.234 e. The van der Waals surface area contributed by atoms with Crippen LogP contribution >= 0.6 is 0 Å². The zero-order valence-electron chi connectivity index (χ0n) is 8.76. The van der Waals surface area contributed by atoms with Gasteiger partial charge in [0.05, 0.1) is 23.8 Å². The summed E-state index contributed by atoms with van der Waals surface area (Å²) in [6.45, 7) is 0.480. The van der Waals surface area contributed by atoms with Crippen molar-refractivity contribution in [1.29, 1.82) is 0 Å². The molecule has 1 aliphatic carbocycles. The first-order chi connectivity index (χ1) is 7.66. The fourth-order valence-electron chi connectivity index (χ4n) is 1.27. The summed E-state index contributed by atoms with van der Waals surface area (Å²) in [5, 5.41) is 3.15. The molecule has 1 fully saturated rings. The lowest BCUT2D eigenvalue weighted by Gasteiger charge is -2.07. The van der Waals surface area contributed by atoms with Gasteiger partial charge >= 0.3 is 0 Å². The standard InChI is InChI=1S/C9H14N4O2S/c14-16(15,4-3-12-8-1-2-8)13-9-5-10-7-11-6-9/h5-8,12-13H,1-4H2. The quantitative estimate of drug-likeness (QED) is 0.732. The van der Waals surface area contributed by atoms with Crippen molar-refractivity contribution in [2.75, 3.05) is 17.0 Å². The second-order valence-electron chi connectivity index (χ2n) is 3.78. The van der Waals surface area contributed by atoms with Gasteiger partial charge in [-0.2, -0.15) is 0 Å². The first-order valence-corrected chi connectivity index (χ1v) is 6.80. The SMILES string of the molecule is O=S(=O)(CCNC1CC1)Nc1cncnc1. The Morgan fingerprint density at radius 3 is 2.62 bits per heavy atom. The molecule has 1 heterocycles. The predicted octanol–water partition coefficient (Wildman–Crippen LogP) is -0.0297. The zero-order chi connectivity index (χ0) is 11.4. The van der Waals surface area contributed by atoms with E-state index in [1.54, 1.807) is 0 Å². The van der Waals surface area contributed by atoms with Gasteiger partial charge < -0.3 is 5.32 Å². The number of nitrogens with one attached hydrogen (secondary N) is 2. The third kappa shape index (κ3) is 3.74. The fourth-order valence-corrected chi connectivity index (χ4v) is 2.22. The van der Waals surface area contributed by atoms with Gasteiger partial charge in [0, 0.05) is 12.6 Å². The Balaban J connectivity index is 1.82. The predicted molar refractivity (Wildman–Crippen MR) is 60.5 cm³/mol. The van der Waals surface area contributed by atoms with Crippen molar-refractivity contribution in [2.24, 2.45) is 0 Å². The normalized spacial score (nSPS) is 16.0. The fraction of sp³-hybridized carbons (Fsp3) is 0.556. The largest absolute Gasteiger partial charge is 0.313 e. The molecule has 2 rings (SSSR count). The van der Waals surface area contributed by atoms with Crippen molar-refractivity contribution in [2.45, 2.75) is 18.9 Å². The van der Waals surface area contributed by atoms with Gasteiger partial charge in [0.15, 0.2) is 0 Å². The monoisotopic (exact) mass is 242 g/mol. The Hall–Kier alpha value is -1.21. The van der Waals surface area contributed by atoms with E-state index >= 15 is 0 Å². The highest BCUT2D eigenvalue weighted by atomic mass is 32.2. The van der Waals surface area contributed by atoms with E-state index in [9.17, 15) is 8.42 Å². The summed E-state index contributed by atoms with van der Waals surface area (Å²) in [4.78, 5) is 7.47. The third-order valence-corrected chi connectivity index (χ3v) is 3.50. The molecule has 2 N–H and O–H groups in total. The topological polar surface area (TPSA) is 84.0 Å². The number of hydrogen-bond donors (Lipinski definition) is 2. The van der Waals surface area contributed by atoms with Crippen molar-refractivity contribution >= 4 is 15.7 Å². The van der Waals surface area contributed by atoms with Crippen molar-refractivity contribution < 1.29 is 8.42 Å². The Morgan fingerprint density at radius 2 is 2.00 bits per heavy atom. The Labute approximate surface area is 94.6 Å². The summed E-state index contributed by atoms with van der Waals surface area (Å²) in [7, 11) is -3.30. The van der Waals surface area contributed by atoms with Gasteiger partial charge in [0.1, 0.15) is 6.33 Å². The molecule has 0 aromatic carbocycles. The Bertz CT molecular complexity index is 430. The molecule has 1 aromatic heterocycles. The molecular formula is C9H14N4O2S. The maximum Gasteiger partial charge on any atom is 0.234 e. The minimum Gasteiger partial charge on any atom is -0.313 e. The number of hydrogen-bond acceptors (Lipinski definition) is 5. The van der Waals surface area contributed by atoms with Crippen LogP contribution in [0, 0.1) is 0 Å². The molecule has 0 radical (unpaired) electrons. The Kier molecular flexibility index (Phi) is 3.35. The minimum absolute atomic E-state index is 0.0679. The van der Waals surface area contributed by atoms with Gasteiger partial charge in [-0.05, 0) is 12.8 Å². The number of anilines is 1. The summed E-state index contributed by atoms with van der Waals surface area (Å²) in [5.41, 5.74) is 0.397. The maximum absolute atomic E-state index is 11.6. The summed E-state index contributed by atoms with van der Waals surface area (Å²) in [6.07, 6.45) is 6.52. The molecule has 0 atom stereocenters. The summed E-state index contributed by atoms with van der Waals surface area (Å²) in [5.74, 6) is 0.0679. The molecule has 0 aliphatic heterocycles. The van der Waals surface area contributed by atoms with Crippen LogP contribution in [0.15, 0.2) is 18.7 Å². The zero-order valence-corrected chi connectivity index (χ0v) is 9.57. The van der Waals surface area contributed by atoms with Crippen LogP contribution in [0.1, 0.15) is 12.8 Å². The van der Waals surface area contributed by atoms with E-state index in [2.05, 4.69) is 20.0 Å². The van der Waals surface area contributed by atoms with E-state index in [0.717, 1.165) is 12.8 Å². The first-order valence-electron chi connectivity index (χ1n) is 5.15. The van der Waals surface area contributed by atoms with Crippen LogP contribution in [0.25, 0.3) is 0 Å². The van der Waals surface area contributed by atoms with Crippen molar-refractivity contribution in [3.05, 3.63) is 18.7 Å². The molecule has 7 heteroatoms. The lowest BCUT2D eigenvalue weighted by Crippen LogP contribution is -2.28. The van der Waals surface area contributed by atoms with E-state index in [0.29, 0.717) is 18.3 Å². The van der Waals surface area contributed by atoms with Gasteiger partial charge in [-0.15, -0.1) is 0 Å². The van der Waals surface area contributed by atoms with E-state index in [1.807, 2.05) is 0 Å². The van der Waals surface area contributed by atoms with Gasteiger partial charge in [-0.25, -0.2) is 18.4 Å². The first kappa shape index (κ1) is 11.3. The lowest BCUT2D eigenvalue weighted by molar-refractivity contribution is 0.595. The van der Waals surface area contributed by atoms with E-state index in [-0.39, 0.29) is 5.75 Å². The number of nitrogens with zero attached hydrogens (tertiary/aromatic N) is 2. The number of sulfonamides is 1. The third-order valence-electron chi connectivity index (χ3n) is 2.22. The summed E-state index contributed by atoms with van der Waals surface area (Å²) < 4.78 is 25.6. The van der Waals surface area contributed by atoms with Gasteiger partial charge in [-0.1, -0.05) is 0 Å². The molecule has 6 nitrogen and oxygen atoms in total. The van der Waals surface area contributed by atoms with Crippen LogP contribution in [-0.2, 0) is 10.0 Å². The number of aromatic nitrogens is 2. The van der Waals surface area contributed by atoms with Crippen LogP contribution in [0.2, 0.25) is 0 Å². The van der Waals surface area contributed by atoms with E-state index in [1.165, 1.54) is 18.7 Å². The molecule has 0 amide bonds. The highest BCUT2D eigenvalue weighted by Crippen LogP contribution is 2.18. The van der Waals surface area contributed by atoms with Crippen LogP contribution in [0.5, 0.6) is 0 Å². The molecule has 0 unspecified atom stereocenters. The molecule has 0 bridgehead atoms. The lowest BCUT2D eigenvalue weighted by atomic mass is 10.6. The van der Waals surface area contributed by atoms with Gasteiger partial charge in [0.25, 0.3) is 0 Å². The minimum atomic E-state index is -3.30. The number of rotatable bonds is 6. The van der Waals surface area contributed by atoms with E-state index in [4.69, 9.17) is 0 Å². The second-order valence-corrected chi connectivity index (χ2v) is 5.62. The highest BCUT2D eigenvalue weighted by molar-refractivity contribution is 7.92. The molecule has 1 aliphatic rings. The molecule has 16 heavy (non-hydrogen) atoms. The van der Waals surface area contributed by atoms with Crippen LogP contribution < -0.4 is 10.0 Å². The van der Waals surface area contributed by atoms with Crippen LogP contribution in [-0.4, -0.2) is 36.7 Å². The molecular weight excluding hydrogens is 228 g/mol. The summed E-state index contributed by atoms with van der Waals surface area (Å²) in [6, 6.07) is 0.523. The van der Waals surface area contributed by atoms with Crippen molar-refractivity contribution in [3.8, 4) is 0 Å². The maximum atomic E-state index is 11.6. The Morgan fingerprint density at radius 1 is 1.31 bits per heavy atom. The molecule has 1 saturated carbocycles. The van der Waals surface area contributed by atoms with Crippen LogP contribution in [0.4, 0.5) is 5.69 Å².